The molecule has 0 aromatic rings. The van der Waals surface area contributed by atoms with Gasteiger partial charge in [0.05, 0.1) is 6.04 Å². The zero-order chi connectivity index (χ0) is 17.6. The molecule has 1 amide bonds. The summed E-state index contributed by atoms with van der Waals surface area (Å²) in [5.74, 6) is 0.230. The Morgan fingerprint density at radius 1 is 1.13 bits per heavy atom. The molecule has 1 saturated carbocycles. The zero-order valence-electron chi connectivity index (χ0n) is 15.4. The van der Waals surface area contributed by atoms with Crippen LogP contribution in [0.2, 0.25) is 0 Å². The van der Waals surface area contributed by atoms with Crippen LogP contribution in [0, 0.1) is 17.3 Å². The molecule has 2 aliphatic rings. The summed E-state index contributed by atoms with van der Waals surface area (Å²) >= 11 is 0. The van der Waals surface area contributed by atoms with E-state index in [4.69, 9.17) is 10.5 Å². The number of nitrogens with two attached hydrogens (primary N) is 1. The number of esters is 1. The van der Waals surface area contributed by atoms with Gasteiger partial charge in [-0.3, -0.25) is 4.79 Å². The topological polar surface area (TPSA) is 72.6 Å². The van der Waals surface area contributed by atoms with Gasteiger partial charge in [0, 0.05) is 6.54 Å². The van der Waals surface area contributed by atoms with Crippen molar-refractivity contribution in [2.24, 2.45) is 23.0 Å². The van der Waals surface area contributed by atoms with Crippen molar-refractivity contribution in [1.29, 1.82) is 0 Å². The fourth-order valence-corrected chi connectivity index (χ4v) is 3.75. The average molecular weight is 324 g/mol. The summed E-state index contributed by atoms with van der Waals surface area (Å²) < 4.78 is 5.60. The summed E-state index contributed by atoms with van der Waals surface area (Å²) in [6, 6.07) is -1.08. The standard InChI is InChI=1S/C18H32N2O3/c1-17(2,3)14(19)15(21)20-10-11-8-7-9-12(11)13(20)16(22)23-18(4,5)6/h11-14H,7-10,19H2,1-6H3/t11?,12?,13-,14?/m0/s1. The van der Waals surface area contributed by atoms with Gasteiger partial charge in [-0.15, -0.1) is 0 Å². The van der Waals surface area contributed by atoms with E-state index >= 15 is 0 Å². The van der Waals surface area contributed by atoms with Crippen molar-refractivity contribution in [1.82, 2.24) is 4.90 Å². The molecule has 1 saturated heterocycles. The Bertz CT molecular complexity index is 476. The van der Waals surface area contributed by atoms with Crippen molar-refractivity contribution < 1.29 is 14.3 Å². The minimum atomic E-state index is -0.605. The van der Waals surface area contributed by atoms with E-state index in [1.54, 1.807) is 4.90 Å². The molecule has 5 nitrogen and oxygen atoms in total. The van der Waals surface area contributed by atoms with Crippen molar-refractivity contribution in [3.8, 4) is 0 Å². The van der Waals surface area contributed by atoms with Crippen LogP contribution in [-0.4, -0.2) is 41.0 Å². The summed E-state index contributed by atoms with van der Waals surface area (Å²) in [5.41, 5.74) is 5.30. The molecule has 1 aliphatic heterocycles. The summed E-state index contributed by atoms with van der Waals surface area (Å²) in [7, 11) is 0. The first kappa shape index (κ1) is 18.2. The highest BCUT2D eigenvalue weighted by atomic mass is 16.6. The van der Waals surface area contributed by atoms with Gasteiger partial charge in [0.1, 0.15) is 11.6 Å². The van der Waals surface area contributed by atoms with Gasteiger partial charge in [-0.1, -0.05) is 27.2 Å². The maximum absolute atomic E-state index is 12.9. The van der Waals surface area contributed by atoms with E-state index in [0.717, 1.165) is 19.3 Å². The lowest BCUT2D eigenvalue weighted by atomic mass is 9.86. The van der Waals surface area contributed by atoms with Gasteiger partial charge in [0.15, 0.2) is 0 Å². The van der Waals surface area contributed by atoms with Crippen LogP contribution in [0.4, 0.5) is 0 Å². The van der Waals surface area contributed by atoms with Gasteiger partial charge in [-0.2, -0.15) is 0 Å². The molecule has 0 spiro atoms. The Labute approximate surface area is 139 Å². The van der Waals surface area contributed by atoms with Crippen LogP contribution in [0.3, 0.4) is 0 Å². The van der Waals surface area contributed by atoms with E-state index in [9.17, 15) is 9.59 Å². The Morgan fingerprint density at radius 3 is 2.26 bits per heavy atom. The van der Waals surface area contributed by atoms with Gasteiger partial charge in [0.25, 0.3) is 0 Å². The highest BCUT2D eigenvalue weighted by molar-refractivity contribution is 5.89. The van der Waals surface area contributed by atoms with E-state index in [0.29, 0.717) is 12.5 Å². The molecule has 2 fully saturated rings. The second-order valence-corrected chi connectivity index (χ2v) is 9.17. The van der Waals surface area contributed by atoms with Crippen LogP contribution in [0.1, 0.15) is 60.8 Å². The summed E-state index contributed by atoms with van der Waals surface area (Å²) in [4.78, 5) is 27.3. The van der Waals surface area contributed by atoms with E-state index in [2.05, 4.69) is 0 Å². The molecule has 0 aromatic heterocycles. The van der Waals surface area contributed by atoms with Gasteiger partial charge in [0.2, 0.25) is 5.91 Å². The van der Waals surface area contributed by atoms with Crippen LogP contribution < -0.4 is 5.73 Å². The van der Waals surface area contributed by atoms with Crippen LogP contribution in [0.25, 0.3) is 0 Å². The molecular formula is C18H32N2O3. The van der Waals surface area contributed by atoms with Crippen molar-refractivity contribution in [2.75, 3.05) is 6.54 Å². The Kier molecular flexibility index (Phi) is 4.82. The minimum absolute atomic E-state index is 0.122. The molecule has 0 bridgehead atoms. The molecule has 3 unspecified atom stereocenters. The van der Waals surface area contributed by atoms with Gasteiger partial charge in [-0.05, 0) is 50.9 Å². The largest absolute Gasteiger partial charge is 0.458 e. The third-order valence-electron chi connectivity index (χ3n) is 5.02. The lowest BCUT2D eigenvalue weighted by Gasteiger charge is -2.34. The summed E-state index contributed by atoms with van der Waals surface area (Å²) in [6.45, 7) is 12.1. The van der Waals surface area contributed by atoms with E-state index in [1.165, 1.54) is 0 Å². The molecule has 0 radical (unpaired) electrons. The van der Waals surface area contributed by atoms with Gasteiger partial charge >= 0.3 is 5.97 Å². The number of nitrogens with zero attached hydrogens (tertiary/aromatic N) is 1. The molecule has 1 aliphatic carbocycles. The second kappa shape index (κ2) is 6.08. The van der Waals surface area contributed by atoms with Crippen molar-refractivity contribution >= 4 is 11.9 Å². The van der Waals surface area contributed by atoms with Crippen LogP contribution in [-0.2, 0) is 14.3 Å². The Balaban J connectivity index is 2.23. The number of rotatable bonds is 2. The van der Waals surface area contributed by atoms with Crippen molar-refractivity contribution in [2.45, 2.75) is 78.5 Å². The zero-order valence-corrected chi connectivity index (χ0v) is 15.4. The number of amides is 1. The summed E-state index contributed by atoms with van der Waals surface area (Å²) in [5, 5.41) is 0. The minimum Gasteiger partial charge on any atom is -0.458 e. The third-order valence-corrected chi connectivity index (χ3v) is 5.02. The molecule has 0 aromatic carbocycles. The normalized spacial score (nSPS) is 29.3. The van der Waals surface area contributed by atoms with E-state index in [1.807, 2.05) is 41.5 Å². The SMILES string of the molecule is CC(C)(C)OC(=O)[C@@H]1C2CCCC2CN1C(=O)C(N)C(C)(C)C. The number of likely N-dealkylation sites (tertiary alicyclic amines) is 1. The lowest BCUT2D eigenvalue weighted by molar-refractivity contribution is -0.165. The molecule has 23 heavy (non-hydrogen) atoms. The number of carbonyl (C=O) groups excluding carboxylic acids is 2. The second-order valence-electron chi connectivity index (χ2n) is 9.17. The number of hydrogen-bond acceptors (Lipinski definition) is 4. The Morgan fingerprint density at radius 2 is 1.74 bits per heavy atom. The van der Waals surface area contributed by atoms with Gasteiger partial charge < -0.3 is 15.4 Å². The smallest absolute Gasteiger partial charge is 0.329 e. The molecule has 4 atom stereocenters. The monoisotopic (exact) mass is 324 g/mol. The van der Waals surface area contributed by atoms with Crippen LogP contribution >= 0.6 is 0 Å². The van der Waals surface area contributed by atoms with Crippen LogP contribution in [0.5, 0.6) is 0 Å². The van der Waals surface area contributed by atoms with E-state index < -0.39 is 17.7 Å². The highest BCUT2D eigenvalue weighted by Crippen LogP contribution is 2.43. The number of ether oxygens (including phenoxy) is 1. The maximum atomic E-state index is 12.9. The first-order valence-electron chi connectivity index (χ1n) is 8.71. The highest BCUT2D eigenvalue weighted by Gasteiger charge is 2.52. The molecule has 5 heteroatoms. The number of carbonyl (C=O) groups is 2. The van der Waals surface area contributed by atoms with Crippen molar-refractivity contribution in [3.05, 3.63) is 0 Å². The molecule has 1 heterocycles. The predicted molar refractivity (Wildman–Crippen MR) is 89.6 cm³/mol. The molecule has 2 N–H and O–H groups in total. The van der Waals surface area contributed by atoms with Crippen molar-refractivity contribution in [3.63, 3.8) is 0 Å². The number of fused-ring (bicyclic) bond motifs is 1. The number of hydrogen-bond donors (Lipinski definition) is 1. The lowest BCUT2D eigenvalue weighted by Crippen LogP contribution is -2.55. The Hall–Kier alpha value is -1.10. The van der Waals surface area contributed by atoms with Gasteiger partial charge in [-0.25, -0.2) is 4.79 Å². The average Bonchev–Trinajstić information content (AvgIpc) is 2.92. The fourth-order valence-electron chi connectivity index (χ4n) is 3.75. The first-order valence-corrected chi connectivity index (χ1v) is 8.71. The maximum Gasteiger partial charge on any atom is 0.329 e. The quantitative estimate of drug-likeness (QED) is 0.791. The predicted octanol–water partition coefficient (Wildman–Crippen LogP) is 2.33. The first-order chi connectivity index (χ1) is 10.4. The summed E-state index contributed by atoms with van der Waals surface area (Å²) in [6.07, 6.45) is 3.20. The van der Waals surface area contributed by atoms with Crippen LogP contribution in [0.15, 0.2) is 0 Å². The fraction of sp³-hybridized carbons (Fsp3) is 0.889. The third kappa shape index (κ3) is 3.87. The molecule has 132 valence electrons. The van der Waals surface area contributed by atoms with E-state index in [-0.39, 0.29) is 23.2 Å². The molecular weight excluding hydrogens is 292 g/mol. The molecule has 2 rings (SSSR count).